The fraction of sp³-hybridized carbons (Fsp3) is 0.214. The molecule has 0 radical (unpaired) electrons. The number of carbonyl (C=O) groups is 2. The molecule has 1 fully saturated rings. The van der Waals surface area contributed by atoms with Crippen LogP contribution in [-0.4, -0.2) is 37.7 Å². The van der Waals surface area contributed by atoms with Gasteiger partial charge in [-0.25, -0.2) is 0 Å². The molecule has 0 atom stereocenters. The third-order valence-corrected chi connectivity index (χ3v) is 4.78. The lowest BCUT2D eigenvalue weighted by Gasteiger charge is -2.12. The zero-order valence-corrected chi connectivity index (χ0v) is 13.6. The first-order valence-corrected chi connectivity index (χ1v) is 7.75. The highest BCUT2D eigenvalue weighted by molar-refractivity contribution is 8.26. The van der Waals surface area contributed by atoms with Crippen molar-refractivity contribution in [2.24, 2.45) is 0 Å². The van der Waals surface area contributed by atoms with Gasteiger partial charge < -0.3 is 5.11 Å². The van der Waals surface area contributed by atoms with E-state index in [2.05, 4.69) is 0 Å². The topological polar surface area (TPSA) is 101 Å². The standard InChI is InChI=1S/C14H12N2O5S2/c1-8(9-3-2-4-10(7-9)16(20)21)12-13(19)15(14(22)23-12)6-5-11(17)18/h2-4,7H,5-6H2,1H3,(H,17,18)/b12-8-. The van der Waals surface area contributed by atoms with Crippen LogP contribution in [0.1, 0.15) is 18.9 Å². The number of hydrogen-bond donors (Lipinski definition) is 1. The third-order valence-electron chi connectivity index (χ3n) is 3.23. The average Bonchev–Trinajstić information content (AvgIpc) is 2.79. The van der Waals surface area contributed by atoms with Crippen molar-refractivity contribution in [3.8, 4) is 0 Å². The Balaban J connectivity index is 2.32. The molecule has 0 saturated carbocycles. The van der Waals surface area contributed by atoms with Gasteiger partial charge in [0.2, 0.25) is 0 Å². The van der Waals surface area contributed by atoms with E-state index in [-0.39, 0.29) is 28.9 Å². The van der Waals surface area contributed by atoms with Crippen molar-refractivity contribution in [1.82, 2.24) is 4.90 Å². The van der Waals surface area contributed by atoms with E-state index >= 15 is 0 Å². The van der Waals surface area contributed by atoms with Crippen LogP contribution in [0, 0.1) is 10.1 Å². The molecule has 1 saturated heterocycles. The van der Waals surface area contributed by atoms with Crippen LogP contribution in [-0.2, 0) is 9.59 Å². The van der Waals surface area contributed by atoms with Crippen molar-refractivity contribution >= 4 is 51.4 Å². The van der Waals surface area contributed by atoms with Gasteiger partial charge in [-0.1, -0.05) is 36.1 Å². The second-order valence-electron chi connectivity index (χ2n) is 4.73. The van der Waals surface area contributed by atoms with Gasteiger partial charge in [-0.2, -0.15) is 0 Å². The average molecular weight is 352 g/mol. The zero-order chi connectivity index (χ0) is 17.1. The Labute approximate surface area is 141 Å². The Morgan fingerprint density at radius 2 is 2.17 bits per heavy atom. The van der Waals surface area contributed by atoms with Gasteiger partial charge in [0.05, 0.1) is 16.2 Å². The van der Waals surface area contributed by atoms with E-state index in [4.69, 9.17) is 17.3 Å². The lowest BCUT2D eigenvalue weighted by molar-refractivity contribution is -0.384. The van der Waals surface area contributed by atoms with Crippen molar-refractivity contribution in [3.63, 3.8) is 0 Å². The summed E-state index contributed by atoms with van der Waals surface area (Å²) in [6.45, 7) is 1.69. The molecule has 1 aromatic carbocycles. The molecule has 7 nitrogen and oxygen atoms in total. The van der Waals surface area contributed by atoms with Gasteiger partial charge in [-0.15, -0.1) is 0 Å². The van der Waals surface area contributed by atoms with Crippen LogP contribution in [0.15, 0.2) is 29.2 Å². The van der Waals surface area contributed by atoms with Gasteiger partial charge in [0, 0.05) is 18.7 Å². The monoisotopic (exact) mass is 352 g/mol. The molecule has 1 amide bonds. The van der Waals surface area contributed by atoms with Crippen molar-refractivity contribution in [2.75, 3.05) is 6.54 Å². The smallest absolute Gasteiger partial charge is 0.305 e. The molecular weight excluding hydrogens is 340 g/mol. The summed E-state index contributed by atoms with van der Waals surface area (Å²) in [4.78, 5) is 35.0. The summed E-state index contributed by atoms with van der Waals surface area (Å²) in [6, 6.07) is 5.97. The number of aliphatic carboxylic acids is 1. The minimum absolute atomic E-state index is 0.00567. The maximum absolute atomic E-state index is 12.4. The second-order valence-corrected chi connectivity index (χ2v) is 6.37. The van der Waals surface area contributed by atoms with E-state index < -0.39 is 10.9 Å². The van der Waals surface area contributed by atoms with Gasteiger partial charge >= 0.3 is 5.97 Å². The number of nitro benzene ring substituents is 1. The number of carboxylic acid groups (broad SMARTS) is 1. The van der Waals surface area contributed by atoms with E-state index in [1.807, 2.05) is 0 Å². The van der Waals surface area contributed by atoms with Crippen LogP contribution in [0.25, 0.3) is 5.57 Å². The number of hydrogen-bond acceptors (Lipinski definition) is 6. The Bertz CT molecular complexity index is 744. The number of nitrogens with zero attached hydrogens (tertiary/aromatic N) is 2. The highest BCUT2D eigenvalue weighted by Gasteiger charge is 2.33. The number of carbonyl (C=O) groups excluding carboxylic acids is 1. The van der Waals surface area contributed by atoms with Crippen molar-refractivity contribution in [2.45, 2.75) is 13.3 Å². The number of nitro groups is 1. The van der Waals surface area contributed by atoms with E-state index in [0.29, 0.717) is 16.0 Å². The summed E-state index contributed by atoms with van der Waals surface area (Å²) >= 11 is 6.19. The molecule has 0 spiro atoms. The number of non-ortho nitro benzene ring substituents is 1. The second kappa shape index (κ2) is 6.88. The Hall–Kier alpha value is -2.26. The van der Waals surface area contributed by atoms with Gasteiger partial charge in [0.25, 0.3) is 11.6 Å². The van der Waals surface area contributed by atoms with E-state index in [0.717, 1.165) is 11.8 Å². The number of rotatable bonds is 5. The van der Waals surface area contributed by atoms with Crippen LogP contribution >= 0.6 is 24.0 Å². The summed E-state index contributed by atoms with van der Waals surface area (Å²) in [6.07, 6.45) is -0.199. The normalized spacial score (nSPS) is 16.7. The van der Waals surface area contributed by atoms with Crippen LogP contribution in [0.4, 0.5) is 5.69 Å². The number of carboxylic acids is 1. The molecular formula is C14H12N2O5S2. The molecule has 0 unspecified atom stereocenters. The fourth-order valence-corrected chi connectivity index (χ4v) is 3.36. The zero-order valence-electron chi connectivity index (χ0n) is 12.0. The number of benzene rings is 1. The third kappa shape index (κ3) is 3.74. The van der Waals surface area contributed by atoms with E-state index in [1.54, 1.807) is 19.1 Å². The first-order chi connectivity index (χ1) is 10.8. The molecule has 2 rings (SSSR count). The predicted octanol–water partition coefficient (Wildman–Crippen LogP) is 2.66. The highest BCUT2D eigenvalue weighted by atomic mass is 32.2. The summed E-state index contributed by atoms with van der Waals surface area (Å²) in [7, 11) is 0. The largest absolute Gasteiger partial charge is 0.481 e. The summed E-state index contributed by atoms with van der Waals surface area (Å²) < 4.78 is 0.288. The lowest BCUT2D eigenvalue weighted by Crippen LogP contribution is -2.30. The van der Waals surface area contributed by atoms with E-state index in [1.165, 1.54) is 17.0 Å². The molecule has 0 aromatic heterocycles. The van der Waals surface area contributed by atoms with Crippen LogP contribution in [0.5, 0.6) is 0 Å². The van der Waals surface area contributed by atoms with Crippen LogP contribution < -0.4 is 0 Å². The van der Waals surface area contributed by atoms with Crippen molar-refractivity contribution in [1.29, 1.82) is 0 Å². The minimum atomic E-state index is -1.02. The first kappa shape index (κ1) is 17.1. The number of allylic oxidation sites excluding steroid dienone is 1. The Morgan fingerprint density at radius 3 is 2.78 bits per heavy atom. The molecule has 0 bridgehead atoms. The molecule has 120 valence electrons. The van der Waals surface area contributed by atoms with Gasteiger partial charge in [-0.3, -0.25) is 24.6 Å². The number of amides is 1. The SMILES string of the molecule is C/C(=C1/SC(=S)N(CCC(=O)O)C1=O)c1cccc([N+](=O)[O-])c1. The van der Waals surface area contributed by atoms with Crippen molar-refractivity contribution < 1.29 is 19.6 Å². The highest BCUT2D eigenvalue weighted by Crippen LogP contribution is 2.37. The lowest BCUT2D eigenvalue weighted by atomic mass is 10.1. The van der Waals surface area contributed by atoms with Gasteiger partial charge in [0.1, 0.15) is 4.32 Å². The fourth-order valence-electron chi connectivity index (χ4n) is 2.01. The summed E-state index contributed by atoms with van der Waals surface area (Å²) in [5, 5.41) is 19.6. The Morgan fingerprint density at radius 1 is 1.48 bits per heavy atom. The first-order valence-electron chi connectivity index (χ1n) is 6.52. The number of thiocarbonyl (C=S) groups is 1. The summed E-state index contributed by atoms with van der Waals surface area (Å²) in [5.41, 5.74) is 1.06. The molecule has 1 N–H and O–H groups in total. The van der Waals surface area contributed by atoms with E-state index in [9.17, 15) is 19.7 Å². The van der Waals surface area contributed by atoms with Crippen LogP contribution in [0.2, 0.25) is 0 Å². The Kier molecular flexibility index (Phi) is 5.12. The van der Waals surface area contributed by atoms with Gasteiger partial charge in [0.15, 0.2) is 0 Å². The molecule has 1 heterocycles. The molecule has 0 aliphatic carbocycles. The minimum Gasteiger partial charge on any atom is -0.481 e. The molecule has 1 aliphatic heterocycles. The molecule has 9 heteroatoms. The molecule has 23 heavy (non-hydrogen) atoms. The number of thioether (sulfide) groups is 1. The maximum Gasteiger partial charge on any atom is 0.305 e. The summed E-state index contributed by atoms with van der Waals surface area (Å²) in [5.74, 6) is -1.39. The predicted molar refractivity (Wildman–Crippen MR) is 89.8 cm³/mol. The maximum atomic E-state index is 12.4. The quantitative estimate of drug-likeness (QED) is 0.376. The van der Waals surface area contributed by atoms with Crippen LogP contribution in [0.3, 0.4) is 0 Å². The van der Waals surface area contributed by atoms with Gasteiger partial charge in [-0.05, 0) is 18.1 Å². The molecule has 1 aromatic rings. The molecule has 1 aliphatic rings. The van der Waals surface area contributed by atoms with Crippen molar-refractivity contribution in [3.05, 3.63) is 44.8 Å².